The Morgan fingerprint density at radius 3 is 1.81 bits per heavy atom. The van der Waals surface area contributed by atoms with Gasteiger partial charge in [-0.3, -0.25) is 14.5 Å². The lowest BCUT2D eigenvalue weighted by molar-refractivity contribution is -0.136. The Labute approximate surface area is 210 Å². The Morgan fingerprint density at radius 1 is 0.750 bits per heavy atom. The van der Waals surface area contributed by atoms with Crippen LogP contribution in [0.25, 0.3) is 0 Å². The molecule has 1 atom stereocenters. The van der Waals surface area contributed by atoms with Gasteiger partial charge in [0, 0.05) is 23.5 Å². The van der Waals surface area contributed by atoms with Crippen LogP contribution in [-0.4, -0.2) is 22.7 Å². The summed E-state index contributed by atoms with van der Waals surface area (Å²) in [6, 6.07) is 38.6. The predicted molar refractivity (Wildman–Crippen MR) is 143 cm³/mol. The van der Waals surface area contributed by atoms with Gasteiger partial charge in [-0.25, -0.2) is 5.01 Å². The first kappa shape index (κ1) is 23.1. The molecule has 0 saturated heterocycles. The number of amides is 2. The molecule has 36 heavy (non-hydrogen) atoms. The Bertz CT molecular complexity index is 1300. The van der Waals surface area contributed by atoms with Gasteiger partial charge >= 0.3 is 0 Å². The fourth-order valence-corrected chi connectivity index (χ4v) is 4.34. The molecule has 0 aliphatic carbocycles. The maximum atomic E-state index is 13.4. The molecule has 0 unspecified atom stereocenters. The molecular formula is C30H26N4O2. The lowest BCUT2D eigenvalue weighted by Crippen LogP contribution is -2.30. The van der Waals surface area contributed by atoms with Gasteiger partial charge in [-0.15, -0.1) is 0 Å². The number of nitrogens with zero attached hydrogens (tertiary/aromatic N) is 3. The monoisotopic (exact) mass is 474 g/mol. The summed E-state index contributed by atoms with van der Waals surface area (Å²) in [6.07, 6.45) is 0.214. The van der Waals surface area contributed by atoms with E-state index < -0.39 is 0 Å². The second-order valence-corrected chi connectivity index (χ2v) is 8.48. The Morgan fingerprint density at radius 2 is 1.25 bits per heavy atom. The van der Waals surface area contributed by atoms with Crippen molar-refractivity contribution in [2.75, 3.05) is 10.2 Å². The van der Waals surface area contributed by atoms with E-state index in [4.69, 9.17) is 5.10 Å². The Hall–Kier alpha value is -4.71. The van der Waals surface area contributed by atoms with Gasteiger partial charge in [-0.2, -0.15) is 5.10 Å². The first-order valence-corrected chi connectivity index (χ1v) is 11.9. The van der Waals surface area contributed by atoms with Crippen LogP contribution in [-0.2, 0) is 9.59 Å². The molecule has 6 heteroatoms. The summed E-state index contributed by atoms with van der Waals surface area (Å²) in [7, 11) is 0. The summed E-state index contributed by atoms with van der Waals surface area (Å²) in [5, 5.41) is 9.06. The highest BCUT2D eigenvalue weighted by atomic mass is 16.2. The molecule has 4 aromatic rings. The zero-order valence-corrected chi connectivity index (χ0v) is 19.7. The smallest absolute Gasteiger partial charge is 0.252 e. The number of amidine groups is 1. The minimum Gasteiger partial charge on any atom is -0.326 e. The number of hydrogen-bond acceptors (Lipinski definition) is 4. The Kier molecular flexibility index (Phi) is 6.85. The third-order valence-electron chi connectivity index (χ3n) is 5.99. The van der Waals surface area contributed by atoms with E-state index in [-0.39, 0.29) is 24.3 Å². The zero-order valence-electron chi connectivity index (χ0n) is 19.7. The number of rotatable bonds is 6. The summed E-state index contributed by atoms with van der Waals surface area (Å²) in [5.74, 6) is 0.0102. The van der Waals surface area contributed by atoms with Crippen molar-refractivity contribution in [1.29, 1.82) is 0 Å². The number of carbonyl (C=O) groups is 2. The molecule has 0 bridgehead atoms. The van der Waals surface area contributed by atoms with Crippen molar-refractivity contribution in [3.63, 3.8) is 0 Å². The summed E-state index contributed by atoms with van der Waals surface area (Å²) in [6.45, 7) is 0. The molecule has 0 spiro atoms. The predicted octanol–water partition coefficient (Wildman–Crippen LogP) is 6.14. The fourth-order valence-electron chi connectivity index (χ4n) is 4.34. The second kappa shape index (κ2) is 10.7. The quantitative estimate of drug-likeness (QED) is 0.341. The van der Waals surface area contributed by atoms with Crippen LogP contribution in [0.4, 0.5) is 17.1 Å². The molecule has 2 amide bonds. The van der Waals surface area contributed by atoms with E-state index in [0.29, 0.717) is 12.1 Å². The minimum atomic E-state index is -0.371. The zero-order chi connectivity index (χ0) is 24.7. The van der Waals surface area contributed by atoms with Crippen molar-refractivity contribution < 1.29 is 9.59 Å². The van der Waals surface area contributed by atoms with Crippen molar-refractivity contribution in [2.45, 2.75) is 18.9 Å². The molecule has 1 aliphatic heterocycles. The van der Waals surface area contributed by atoms with Gasteiger partial charge in [0.1, 0.15) is 12.3 Å². The van der Waals surface area contributed by atoms with Gasteiger partial charge < -0.3 is 5.32 Å². The highest BCUT2D eigenvalue weighted by Crippen LogP contribution is 2.36. The average molecular weight is 475 g/mol. The van der Waals surface area contributed by atoms with Crippen LogP contribution in [0.1, 0.15) is 24.4 Å². The number of anilines is 3. The topological polar surface area (TPSA) is 65.0 Å². The van der Waals surface area contributed by atoms with Crippen LogP contribution in [0, 0.1) is 0 Å². The standard InChI is InChI=1S/C30H26N4O2/c35-29(31-24-15-7-2-8-16-24)22-30(36)34-27(23-13-5-1-6-14-23)21-28(32-34)33(25-17-9-3-10-18-25)26-19-11-4-12-20-26/h1-20,27H,21-22H2,(H,31,35)/t27-/m0/s1. The molecule has 5 rings (SSSR count). The van der Waals surface area contributed by atoms with Crippen LogP contribution >= 0.6 is 0 Å². The maximum absolute atomic E-state index is 13.4. The number of para-hydroxylation sites is 3. The van der Waals surface area contributed by atoms with Gasteiger partial charge in [0.15, 0.2) is 0 Å². The second-order valence-electron chi connectivity index (χ2n) is 8.48. The number of carbonyl (C=O) groups excluding carboxylic acids is 2. The van der Waals surface area contributed by atoms with Crippen LogP contribution in [0.3, 0.4) is 0 Å². The van der Waals surface area contributed by atoms with Gasteiger partial charge in [-0.05, 0) is 42.0 Å². The molecule has 0 saturated carbocycles. The van der Waals surface area contributed by atoms with Crippen LogP contribution in [0.2, 0.25) is 0 Å². The van der Waals surface area contributed by atoms with Crippen LogP contribution < -0.4 is 10.2 Å². The van der Waals surface area contributed by atoms with Crippen molar-refractivity contribution in [3.8, 4) is 0 Å². The Balaban J connectivity index is 1.46. The van der Waals surface area contributed by atoms with E-state index in [0.717, 1.165) is 22.8 Å². The third kappa shape index (κ3) is 5.18. The molecule has 178 valence electrons. The summed E-state index contributed by atoms with van der Waals surface area (Å²) >= 11 is 0. The molecular weight excluding hydrogens is 448 g/mol. The van der Waals surface area contributed by atoms with Crippen molar-refractivity contribution >= 4 is 34.7 Å². The van der Waals surface area contributed by atoms with Crippen molar-refractivity contribution in [1.82, 2.24) is 5.01 Å². The molecule has 0 fully saturated rings. The van der Waals surface area contributed by atoms with E-state index in [1.165, 1.54) is 5.01 Å². The van der Waals surface area contributed by atoms with E-state index in [1.807, 2.05) is 109 Å². The highest BCUT2D eigenvalue weighted by molar-refractivity contribution is 6.08. The third-order valence-corrected chi connectivity index (χ3v) is 5.99. The number of hydrogen-bond donors (Lipinski definition) is 1. The maximum Gasteiger partial charge on any atom is 0.252 e. The lowest BCUT2D eigenvalue weighted by Gasteiger charge is -2.24. The SMILES string of the molecule is O=C(CC(=O)N1N=C(N(c2ccccc2)c2ccccc2)C[C@H]1c1ccccc1)Nc1ccccc1. The highest BCUT2D eigenvalue weighted by Gasteiger charge is 2.36. The number of nitrogens with one attached hydrogen (secondary N) is 1. The molecule has 0 radical (unpaired) electrons. The minimum absolute atomic E-state index is 0.300. The van der Waals surface area contributed by atoms with Gasteiger partial charge in [0.2, 0.25) is 5.91 Å². The van der Waals surface area contributed by atoms with E-state index >= 15 is 0 Å². The first-order chi connectivity index (χ1) is 17.7. The molecule has 4 aromatic carbocycles. The number of hydrazone groups is 1. The molecule has 0 aromatic heterocycles. The molecule has 6 nitrogen and oxygen atoms in total. The largest absolute Gasteiger partial charge is 0.326 e. The lowest BCUT2D eigenvalue weighted by atomic mass is 10.0. The van der Waals surface area contributed by atoms with Crippen molar-refractivity contribution in [2.24, 2.45) is 5.10 Å². The summed E-state index contributed by atoms with van der Waals surface area (Å²) in [5.41, 5.74) is 3.52. The molecule has 1 N–H and O–H groups in total. The molecule has 1 aliphatic rings. The van der Waals surface area contributed by atoms with Gasteiger partial charge in [0.25, 0.3) is 5.91 Å². The van der Waals surface area contributed by atoms with Gasteiger partial charge in [-0.1, -0.05) is 84.9 Å². The normalized spacial score (nSPS) is 14.7. The van der Waals surface area contributed by atoms with E-state index in [9.17, 15) is 9.59 Å². The van der Waals surface area contributed by atoms with E-state index in [2.05, 4.69) is 10.2 Å². The summed E-state index contributed by atoms with van der Waals surface area (Å²) in [4.78, 5) is 28.1. The average Bonchev–Trinajstić information content (AvgIpc) is 3.36. The van der Waals surface area contributed by atoms with E-state index in [1.54, 1.807) is 12.1 Å². The van der Waals surface area contributed by atoms with Crippen LogP contribution in [0.15, 0.2) is 126 Å². The first-order valence-electron chi connectivity index (χ1n) is 11.9. The number of benzene rings is 4. The molecule has 1 heterocycles. The fraction of sp³-hybridized carbons (Fsp3) is 0.100. The summed E-state index contributed by atoms with van der Waals surface area (Å²) < 4.78 is 0. The van der Waals surface area contributed by atoms with Crippen LogP contribution in [0.5, 0.6) is 0 Å². The van der Waals surface area contributed by atoms with Gasteiger partial charge in [0.05, 0.1) is 6.04 Å². The van der Waals surface area contributed by atoms with Crippen molar-refractivity contribution in [3.05, 3.63) is 127 Å².